The van der Waals surface area contributed by atoms with Crippen molar-refractivity contribution in [2.24, 2.45) is 0 Å². The number of carbonyl (C=O) groups is 1. The highest BCUT2D eigenvalue weighted by Crippen LogP contribution is 2.18. The molecule has 4 heteroatoms. The maximum absolute atomic E-state index is 12.2. The van der Waals surface area contributed by atoms with Gasteiger partial charge in [-0.1, -0.05) is 6.07 Å². The first kappa shape index (κ1) is 12.0. The summed E-state index contributed by atoms with van der Waals surface area (Å²) in [5.41, 5.74) is 3.18. The minimum absolute atomic E-state index is 0.0707. The van der Waals surface area contributed by atoms with Gasteiger partial charge in [-0.15, -0.1) is 0 Å². The Morgan fingerprint density at radius 3 is 2.95 bits per heavy atom. The molecule has 98 valence electrons. The van der Waals surface area contributed by atoms with Crippen molar-refractivity contribution in [3.05, 3.63) is 59.0 Å². The third-order valence-corrected chi connectivity index (χ3v) is 3.42. The average Bonchev–Trinajstić information content (AvgIpc) is 3.09. The van der Waals surface area contributed by atoms with Crippen LogP contribution in [0.2, 0.25) is 0 Å². The summed E-state index contributed by atoms with van der Waals surface area (Å²) in [6.07, 6.45) is 1.61. The fourth-order valence-corrected chi connectivity index (χ4v) is 2.32. The molecular formula is C15H16N2O2. The number of hydrogen-bond acceptors (Lipinski definition) is 3. The lowest BCUT2D eigenvalue weighted by Gasteiger charge is -2.12. The van der Waals surface area contributed by atoms with E-state index < -0.39 is 0 Å². The minimum atomic E-state index is -0.131. The highest BCUT2D eigenvalue weighted by atomic mass is 16.3. The minimum Gasteiger partial charge on any atom is -0.467 e. The van der Waals surface area contributed by atoms with Crippen LogP contribution in [0.1, 0.15) is 40.2 Å². The molecule has 1 amide bonds. The van der Waals surface area contributed by atoms with E-state index in [1.807, 2.05) is 37.3 Å². The number of carbonyl (C=O) groups excluding carboxylic acids is 1. The van der Waals surface area contributed by atoms with Crippen LogP contribution >= 0.6 is 0 Å². The normalized spacial score (nSPS) is 15.0. The van der Waals surface area contributed by atoms with E-state index in [1.165, 1.54) is 11.1 Å². The average molecular weight is 256 g/mol. The summed E-state index contributed by atoms with van der Waals surface area (Å²) in [5, 5.41) is 6.21. The second-order valence-electron chi connectivity index (χ2n) is 4.80. The summed E-state index contributed by atoms with van der Waals surface area (Å²) in [5.74, 6) is 0.690. The van der Waals surface area contributed by atoms with Crippen LogP contribution in [0.15, 0.2) is 41.0 Å². The Morgan fingerprint density at radius 1 is 1.32 bits per heavy atom. The first-order chi connectivity index (χ1) is 9.24. The molecule has 0 saturated heterocycles. The summed E-state index contributed by atoms with van der Waals surface area (Å²) in [6, 6.07) is 9.39. The van der Waals surface area contributed by atoms with Crippen molar-refractivity contribution in [2.45, 2.75) is 26.1 Å². The number of nitrogens with one attached hydrogen (secondary N) is 2. The van der Waals surface area contributed by atoms with Crippen molar-refractivity contribution in [3.63, 3.8) is 0 Å². The van der Waals surface area contributed by atoms with Crippen LogP contribution in [-0.4, -0.2) is 5.91 Å². The van der Waals surface area contributed by atoms with E-state index in [2.05, 4.69) is 10.6 Å². The Kier molecular flexibility index (Phi) is 3.09. The van der Waals surface area contributed by atoms with Crippen molar-refractivity contribution in [3.8, 4) is 0 Å². The van der Waals surface area contributed by atoms with Crippen LogP contribution in [0.25, 0.3) is 0 Å². The predicted molar refractivity (Wildman–Crippen MR) is 71.6 cm³/mol. The molecule has 2 aromatic rings. The smallest absolute Gasteiger partial charge is 0.251 e. The highest BCUT2D eigenvalue weighted by molar-refractivity contribution is 5.94. The van der Waals surface area contributed by atoms with Crippen LogP contribution in [0.5, 0.6) is 0 Å². The first-order valence-electron chi connectivity index (χ1n) is 6.41. The highest BCUT2D eigenvalue weighted by Gasteiger charge is 2.16. The molecule has 4 nitrogen and oxygen atoms in total. The molecule has 0 radical (unpaired) electrons. The van der Waals surface area contributed by atoms with Crippen LogP contribution in [0, 0.1) is 0 Å². The Hall–Kier alpha value is -2.07. The van der Waals surface area contributed by atoms with Gasteiger partial charge in [-0.3, -0.25) is 4.79 Å². The van der Waals surface area contributed by atoms with E-state index in [4.69, 9.17) is 4.42 Å². The molecule has 0 spiro atoms. The number of fused-ring (bicyclic) bond motifs is 1. The molecule has 3 rings (SSSR count). The SMILES string of the molecule is C[C@H](NC(=O)c1ccc2c(c1)CNC2)c1ccco1. The summed E-state index contributed by atoms with van der Waals surface area (Å²) in [6.45, 7) is 3.63. The Morgan fingerprint density at radius 2 is 2.16 bits per heavy atom. The number of benzene rings is 1. The largest absolute Gasteiger partial charge is 0.467 e. The van der Waals surface area contributed by atoms with E-state index >= 15 is 0 Å². The van der Waals surface area contributed by atoms with E-state index in [0.29, 0.717) is 5.56 Å². The van der Waals surface area contributed by atoms with Crippen LogP contribution in [0.3, 0.4) is 0 Å². The van der Waals surface area contributed by atoms with Gasteiger partial charge < -0.3 is 15.1 Å². The molecule has 1 atom stereocenters. The molecule has 0 unspecified atom stereocenters. The van der Waals surface area contributed by atoms with Gasteiger partial charge in [0, 0.05) is 18.7 Å². The fraction of sp³-hybridized carbons (Fsp3) is 0.267. The van der Waals surface area contributed by atoms with Gasteiger partial charge in [-0.25, -0.2) is 0 Å². The Bertz CT molecular complexity index is 590. The van der Waals surface area contributed by atoms with E-state index in [0.717, 1.165) is 18.8 Å². The van der Waals surface area contributed by atoms with E-state index in [9.17, 15) is 4.79 Å². The molecule has 1 aliphatic heterocycles. The van der Waals surface area contributed by atoms with E-state index in [1.54, 1.807) is 6.26 Å². The standard InChI is InChI=1S/C15H16N2O2/c1-10(14-3-2-6-19-14)17-15(18)11-4-5-12-8-16-9-13(12)7-11/h2-7,10,16H,8-9H2,1H3,(H,17,18)/t10-/m0/s1. The quantitative estimate of drug-likeness (QED) is 0.886. The number of amides is 1. The predicted octanol–water partition coefficient (Wildman–Crippen LogP) is 2.37. The number of furan rings is 1. The molecule has 2 N–H and O–H groups in total. The Labute approximate surface area is 111 Å². The summed E-state index contributed by atoms with van der Waals surface area (Å²) >= 11 is 0. The van der Waals surface area contributed by atoms with Gasteiger partial charge in [0.25, 0.3) is 5.91 Å². The summed E-state index contributed by atoms with van der Waals surface area (Å²) in [7, 11) is 0. The van der Waals surface area contributed by atoms with Gasteiger partial charge >= 0.3 is 0 Å². The van der Waals surface area contributed by atoms with Gasteiger partial charge in [0.1, 0.15) is 5.76 Å². The van der Waals surface area contributed by atoms with Crippen molar-refractivity contribution in [2.75, 3.05) is 0 Å². The van der Waals surface area contributed by atoms with Crippen molar-refractivity contribution in [1.29, 1.82) is 0 Å². The summed E-state index contributed by atoms with van der Waals surface area (Å²) in [4.78, 5) is 12.2. The number of rotatable bonds is 3. The lowest BCUT2D eigenvalue weighted by molar-refractivity contribution is 0.0935. The molecule has 19 heavy (non-hydrogen) atoms. The zero-order chi connectivity index (χ0) is 13.2. The van der Waals surface area contributed by atoms with Crippen molar-refractivity contribution >= 4 is 5.91 Å². The van der Waals surface area contributed by atoms with Gasteiger partial charge in [0.05, 0.1) is 12.3 Å². The molecule has 0 aliphatic carbocycles. The molecule has 0 fully saturated rings. The first-order valence-corrected chi connectivity index (χ1v) is 6.41. The second-order valence-corrected chi connectivity index (χ2v) is 4.80. The van der Waals surface area contributed by atoms with E-state index in [-0.39, 0.29) is 11.9 Å². The molecule has 0 saturated carbocycles. The maximum Gasteiger partial charge on any atom is 0.251 e. The third kappa shape index (κ3) is 2.39. The molecule has 0 bridgehead atoms. The van der Waals surface area contributed by atoms with Gasteiger partial charge in [-0.05, 0) is 42.3 Å². The fourth-order valence-electron chi connectivity index (χ4n) is 2.32. The summed E-state index contributed by atoms with van der Waals surface area (Å²) < 4.78 is 5.28. The van der Waals surface area contributed by atoms with Crippen LogP contribution < -0.4 is 10.6 Å². The maximum atomic E-state index is 12.2. The lowest BCUT2D eigenvalue weighted by Crippen LogP contribution is -2.26. The Balaban J connectivity index is 1.74. The van der Waals surface area contributed by atoms with Crippen LogP contribution in [0.4, 0.5) is 0 Å². The van der Waals surface area contributed by atoms with Gasteiger partial charge in [-0.2, -0.15) is 0 Å². The molecule has 2 heterocycles. The molecular weight excluding hydrogens is 240 g/mol. The second kappa shape index (κ2) is 4.90. The molecule has 1 aliphatic rings. The van der Waals surface area contributed by atoms with Gasteiger partial charge in [0.15, 0.2) is 0 Å². The van der Waals surface area contributed by atoms with Crippen LogP contribution in [-0.2, 0) is 13.1 Å². The van der Waals surface area contributed by atoms with Crippen molar-refractivity contribution < 1.29 is 9.21 Å². The lowest BCUT2D eigenvalue weighted by atomic mass is 10.1. The zero-order valence-corrected chi connectivity index (χ0v) is 10.8. The number of hydrogen-bond donors (Lipinski definition) is 2. The van der Waals surface area contributed by atoms with Crippen molar-refractivity contribution in [1.82, 2.24) is 10.6 Å². The third-order valence-electron chi connectivity index (χ3n) is 3.42. The monoisotopic (exact) mass is 256 g/mol. The molecule has 1 aromatic carbocycles. The van der Waals surface area contributed by atoms with Gasteiger partial charge in [0.2, 0.25) is 0 Å². The molecule has 1 aromatic heterocycles. The zero-order valence-electron chi connectivity index (χ0n) is 10.8. The topological polar surface area (TPSA) is 54.3 Å².